The number of nitriles is 1. The molecule has 0 amide bonds. The van der Waals surface area contributed by atoms with E-state index in [0.717, 1.165) is 24.2 Å². The third-order valence-corrected chi connectivity index (χ3v) is 5.89. The van der Waals surface area contributed by atoms with Crippen molar-refractivity contribution < 1.29 is 13.9 Å². The van der Waals surface area contributed by atoms with E-state index in [2.05, 4.69) is 18.0 Å². The fourth-order valence-electron chi connectivity index (χ4n) is 3.68. The van der Waals surface area contributed by atoms with Gasteiger partial charge in [-0.15, -0.1) is 11.3 Å². The Labute approximate surface area is 153 Å². The lowest BCUT2D eigenvalue weighted by atomic mass is 10.0. The van der Waals surface area contributed by atoms with Crippen molar-refractivity contribution in [2.45, 2.75) is 32.2 Å². The van der Waals surface area contributed by atoms with Crippen molar-refractivity contribution in [3.8, 4) is 16.6 Å². The fraction of sp³-hybridized carbons (Fsp3) is 0.316. The number of carbonyl (C=O) groups excluding carboxylic acids is 1. The molecule has 0 fully saturated rings. The van der Waals surface area contributed by atoms with Crippen molar-refractivity contribution in [2.75, 3.05) is 7.11 Å². The number of methoxy groups -OCH3 is 1. The summed E-state index contributed by atoms with van der Waals surface area (Å²) in [5, 5.41) is 10.7. The zero-order valence-electron chi connectivity index (χ0n) is 14.4. The number of nitrogens with zero attached hydrogens (tertiary/aromatic N) is 3. The number of thiazole rings is 1. The van der Waals surface area contributed by atoms with Gasteiger partial charge < -0.3 is 9.30 Å². The lowest BCUT2D eigenvalue weighted by molar-refractivity contribution is 0.0606. The van der Waals surface area contributed by atoms with E-state index in [1.165, 1.54) is 13.3 Å². The van der Waals surface area contributed by atoms with Crippen LogP contribution < -0.4 is 0 Å². The average Bonchev–Trinajstić information content (AvgIpc) is 3.25. The summed E-state index contributed by atoms with van der Waals surface area (Å²) >= 11 is 1.16. The van der Waals surface area contributed by atoms with E-state index in [0.29, 0.717) is 44.0 Å². The second kappa shape index (κ2) is 6.22. The number of hydrogen-bond acceptors (Lipinski definition) is 5. The molecule has 0 aliphatic carbocycles. The SMILES string of the molecule is COC(=O)c1cnc(-c2cc(C#N)c3c(c2)c(F)c2n3C(C)CCC2)s1. The molecule has 0 spiro atoms. The predicted molar refractivity (Wildman–Crippen MR) is 96.7 cm³/mol. The van der Waals surface area contributed by atoms with Gasteiger partial charge in [-0.2, -0.15) is 5.26 Å². The summed E-state index contributed by atoms with van der Waals surface area (Å²) in [7, 11) is 1.31. The van der Waals surface area contributed by atoms with Crippen molar-refractivity contribution >= 4 is 28.2 Å². The number of fused-ring (bicyclic) bond motifs is 3. The maximum absolute atomic E-state index is 15.1. The highest BCUT2D eigenvalue weighted by Crippen LogP contribution is 2.39. The van der Waals surface area contributed by atoms with Crippen LogP contribution in [0.3, 0.4) is 0 Å². The molecule has 0 saturated heterocycles. The number of esters is 1. The van der Waals surface area contributed by atoms with Crippen molar-refractivity contribution in [3.63, 3.8) is 0 Å². The van der Waals surface area contributed by atoms with Gasteiger partial charge in [-0.3, -0.25) is 0 Å². The van der Waals surface area contributed by atoms with Gasteiger partial charge in [-0.05, 0) is 38.3 Å². The minimum atomic E-state index is -0.463. The zero-order valence-corrected chi connectivity index (χ0v) is 15.2. The third-order valence-electron chi connectivity index (χ3n) is 4.87. The van der Waals surface area contributed by atoms with Crippen molar-refractivity contribution in [1.29, 1.82) is 5.26 Å². The number of carbonyl (C=O) groups is 1. The van der Waals surface area contributed by atoms with E-state index in [1.54, 1.807) is 12.1 Å². The smallest absolute Gasteiger partial charge is 0.349 e. The van der Waals surface area contributed by atoms with Gasteiger partial charge in [0.05, 0.1) is 30.1 Å². The Balaban J connectivity index is 1.94. The van der Waals surface area contributed by atoms with Gasteiger partial charge in [0.2, 0.25) is 0 Å². The molecule has 0 saturated carbocycles. The molecule has 1 aromatic carbocycles. The molecule has 5 nitrogen and oxygen atoms in total. The average molecular weight is 369 g/mol. The Bertz CT molecular complexity index is 1080. The van der Waals surface area contributed by atoms with Crippen LogP contribution in [0.5, 0.6) is 0 Å². The van der Waals surface area contributed by atoms with E-state index in [9.17, 15) is 10.1 Å². The van der Waals surface area contributed by atoms with E-state index in [-0.39, 0.29) is 11.9 Å². The molecular formula is C19H16FN3O2S. The monoisotopic (exact) mass is 369 g/mol. The highest BCUT2D eigenvalue weighted by Gasteiger charge is 2.27. The number of benzene rings is 1. The maximum atomic E-state index is 15.1. The molecule has 4 rings (SSSR count). The molecule has 2 aromatic heterocycles. The van der Waals surface area contributed by atoms with Gasteiger partial charge in [0, 0.05) is 17.0 Å². The van der Waals surface area contributed by atoms with Crippen LogP contribution in [0, 0.1) is 17.1 Å². The standard InChI is InChI=1S/C19H16FN3O2S/c1-10-4-3-5-14-16(20)13-7-11(6-12(8-21)17(13)23(10)14)18-22-9-15(26-18)19(24)25-2/h6-7,9-10H,3-5H2,1-2H3. The van der Waals surface area contributed by atoms with Crippen LogP contribution in [-0.4, -0.2) is 22.6 Å². The first-order valence-electron chi connectivity index (χ1n) is 8.36. The van der Waals surface area contributed by atoms with Gasteiger partial charge in [0.25, 0.3) is 0 Å². The van der Waals surface area contributed by atoms with Crippen LogP contribution in [0.25, 0.3) is 21.5 Å². The lowest BCUT2D eigenvalue weighted by Gasteiger charge is -2.23. The van der Waals surface area contributed by atoms with Crippen LogP contribution in [0.1, 0.15) is 46.7 Å². The van der Waals surface area contributed by atoms with E-state index in [1.807, 2.05) is 4.57 Å². The number of rotatable bonds is 2. The number of ether oxygens (including phenoxy) is 1. The Morgan fingerprint density at radius 1 is 1.50 bits per heavy atom. The Kier molecular flexibility index (Phi) is 4.00. The zero-order chi connectivity index (χ0) is 18.4. The Hall–Kier alpha value is -2.72. The van der Waals surface area contributed by atoms with Crippen LogP contribution in [0.15, 0.2) is 18.3 Å². The minimum Gasteiger partial charge on any atom is -0.465 e. The molecule has 0 radical (unpaired) electrons. The normalized spacial score (nSPS) is 16.3. The topological polar surface area (TPSA) is 67.9 Å². The van der Waals surface area contributed by atoms with E-state index in [4.69, 9.17) is 4.74 Å². The molecule has 1 aliphatic rings. The first-order chi connectivity index (χ1) is 12.5. The predicted octanol–water partition coefficient (Wildman–Crippen LogP) is 4.46. The van der Waals surface area contributed by atoms with Crippen molar-refractivity contribution in [1.82, 2.24) is 9.55 Å². The molecule has 0 bridgehead atoms. The minimum absolute atomic E-state index is 0.162. The highest BCUT2D eigenvalue weighted by molar-refractivity contribution is 7.16. The molecule has 3 heterocycles. The van der Waals surface area contributed by atoms with Gasteiger partial charge in [-0.25, -0.2) is 14.2 Å². The molecule has 7 heteroatoms. The number of aromatic nitrogens is 2. The largest absolute Gasteiger partial charge is 0.465 e. The molecule has 1 unspecified atom stereocenters. The van der Waals surface area contributed by atoms with Crippen LogP contribution in [0.2, 0.25) is 0 Å². The van der Waals surface area contributed by atoms with Gasteiger partial charge in [-0.1, -0.05) is 0 Å². The first-order valence-corrected chi connectivity index (χ1v) is 9.17. The van der Waals surface area contributed by atoms with Gasteiger partial charge in [0.15, 0.2) is 5.82 Å². The third kappa shape index (κ3) is 2.41. The fourth-order valence-corrected chi connectivity index (χ4v) is 4.50. The van der Waals surface area contributed by atoms with Gasteiger partial charge in [0.1, 0.15) is 16.0 Å². The molecule has 1 atom stereocenters. The molecule has 26 heavy (non-hydrogen) atoms. The molecular weight excluding hydrogens is 353 g/mol. The highest BCUT2D eigenvalue weighted by atomic mass is 32.1. The molecule has 0 N–H and O–H groups in total. The maximum Gasteiger partial charge on any atom is 0.349 e. The second-order valence-corrected chi connectivity index (χ2v) is 7.46. The number of hydrogen-bond donors (Lipinski definition) is 0. The second-order valence-electron chi connectivity index (χ2n) is 6.42. The summed E-state index contributed by atoms with van der Waals surface area (Å²) in [6.45, 7) is 2.06. The molecule has 1 aliphatic heterocycles. The van der Waals surface area contributed by atoms with Gasteiger partial charge >= 0.3 is 5.97 Å². The van der Waals surface area contributed by atoms with E-state index >= 15 is 4.39 Å². The summed E-state index contributed by atoms with van der Waals surface area (Å²) in [6.07, 6.45) is 4.02. The van der Waals surface area contributed by atoms with Crippen molar-refractivity contribution in [3.05, 3.63) is 40.3 Å². The summed E-state index contributed by atoms with van der Waals surface area (Å²) in [4.78, 5) is 16.3. The summed E-state index contributed by atoms with van der Waals surface area (Å²) < 4.78 is 21.7. The lowest BCUT2D eigenvalue weighted by Crippen LogP contribution is -2.15. The number of halogens is 1. The van der Waals surface area contributed by atoms with Crippen LogP contribution in [0.4, 0.5) is 4.39 Å². The summed E-state index contributed by atoms with van der Waals surface area (Å²) in [5.41, 5.74) is 2.37. The molecule has 132 valence electrons. The first kappa shape index (κ1) is 16.7. The molecule has 3 aromatic rings. The summed E-state index contributed by atoms with van der Waals surface area (Å²) in [6, 6.07) is 5.81. The van der Waals surface area contributed by atoms with Crippen LogP contribution >= 0.6 is 11.3 Å². The summed E-state index contributed by atoms with van der Waals surface area (Å²) in [5.74, 6) is -0.718. The quantitative estimate of drug-likeness (QED) is 0.626. The van der Waals surface area contributed by atoms with Crippen molar-refractivity contribution in [2.24, 2.45) is 0 Å². The Morgan fingerprint density at radius 2 is 2.31 bits per heavy atom. The van der Waals surface area contributed by atoms with E-state index < -0.39 is 5.97 Å². The van der Waals surface area contributed by atoms with Crippen LogP contribution in [-0.2, 0) is 11.2 Å². The Morgan fingerprint density at radius 3 is 3.04 bits per heavy atom.